The van der Waals surface area contributed by atoms with Crippen molar-refractivity contribution in [1.82, 2.24) is 4.98 Å². The normalized spacial score (nSPS) is 10.0. The molecule has 1 aromatic rings. The molecule has 0 bridgehead atoms. The summed E-state index contributed by atoms with van der Waals surface area (Å²) in [4.78, 5) is 4.12. The van der Waals surface area contributed by atoms with Crippen molar-refractivity contribution in [2.45, 2.75) is 58.3 Å². The second-order valence-corrected chi connectivity index (χ2v) is 5.15. The molecule has 3 nitrogen and oxygen atoms in total. The lowest BCUT2D eigenvalue weighted by Crippen LogP contribution is -1.98. The highest BCUT2D eigenvalue weighted by Gasteiger charge is 1.96. The lowest BCUT2D eigenvalue weighted by molar-refractivity contribution is 0.303. The maximum absolute atomic E-state index is 8.69. The molecule has 0 saturated carbocycles. The van der Waals surface area contributed by atoms with Crippen molar-refractivity contribution in [3.63, 3.8) is 0 Å². The van der Waals surface area contributed by atoms with E-state index < -0.39 is 0 Å². The van der Waals surface area contributed by atoms with Gasteiger partial charge in [-0.15, -0.1) is 0 Å². The molecule has 0 aliphatic carbocycles. The largest absolute Gasteiger partial charge is 0.492 e. The van der Waals surface area contributed by atoms with Crippen LogP contribution < -0.4 is 4.74 Å². The zero-order valence-corrected chi connectivity index (χ0v) is 13.1. The highest BCUT2D eigenvalue weighted by atomic mass is 16.5. The number of unbranched alkanes of at least 4 members (excludes halogenated alkanes) is 6. The van der Waals surface area contributed by atoms with Crippen LogP contribution in [0.2, 0.25) is 0 Å². The Morgan fingerprint density at radius 3 is 2.62 bits per heavy atom. The third-order valence-electron chi connectivity index (χ3n) is 3.20. The number of hydrogen-bond donors (Lipinski definition) is 1. The summed E-state index contributed by atoms with van der Waals surface area (Å²) in [5, 5.41) is 8.69. The van der Waals surface area contributed by atoms with Crippen molar-refractivity contribution in [2.75, 3.05) is 13.2 Å². The number of ether oxygens (including phenoxy) is 1. The molecular formula is C18H27NO2. The maximum atomic E-state index is 8.69. The van der Waals surface area contributed by atoms with Crippen LogP contribution in [-0.2, 0) is 0 Å². The van der Waals surface area contributed by atoms with Crippen molar-refractivity contribution in [3.8, 4) is 17.6 Å². The van der Waals surface area contributed by atoms with Crippen molar-refractivity contribution >= 4 is 0 Å². The molecule has 1 aromatic heterocycles. The Labute approximate surface area is 128 Å². The van der Waals surface area contributed by atoms with E-state index in [9.17, 15) is 0 Å². The molecule has 0 aliphatic rings. The van der Waals surface area contributed by atoms with E-state index in [0.29, 0.717) is 6.42 Å². The summed E-state index contributed by atoms with van der Waals surface area (Å²) in [5.41, 5.74) is 0.834. The number of rotatable bonds is 10. The summed E-state index contributed by atoms with van der Waals surface area (Å²) in [7, 11) is 0. The van der Waals surface area contributed by atoms with Crippen molar-refractivity contribution in [3.05, 3.63) is 24.0 Å². The lowest BCUT2D eigenvalue weighted by Gasteiger charge is -2.06. The van der Waals surface area contributed by atoms with Crippen LogP contribution in [0, 0.1) is 11.8 Å². The average molecular weight is 289 g/mol. The molecule has 0 aliphatic heterocycles. The van der Waals surface area contributed by atoms with Gasteiger partial charge in [0.1, 0.15) is 5.75 Å². The van der Waals surface area contributed by atoms with Gasteiger partial charge in [0.05, 0.1) is 19.4 Å². The molecule has 0 aromatic carbocycles. The van der Waals surface area contributed by atoms with Crippen LogP contribution in [0.1, 0.15) is 63.9 Å². The van der Waals surface area contributed by atoms with Crippen LogP contribution in [0.4, 0.5) is 0 Å². The Hall–Kier alpha value is -1.53. The second kappa shape index (κ2) is 12.2. The second-order valence-electron chi connectivity index (χ2n) is 5.15. The van der Waals surface area contributed by atoms with Gasteiger partial charge >= 0.3 is 0 Å². The van der Waals surface area contributed by atoms with Gasteiger partial charge in [-0.1, -0.05) is 57.3 Å². The van der Waals surface area contributed by atoms with Crippen molar-refractivity contribution in [2.24, 2.45) is 0 Å². The van der Waals surface area contributed by atoms with E-state index in [4.69, 9.17) is 9.84 Å². The minimum Gasteiger partial charge on any atom is -0.492 e. The fraction of sp³-hybridized carbons (Fsp3) is 0.611. The Bertz CT molecular complexity index is 434. The van der Waals surface area contributed by atoms with E-state index in [0.717, 1.165) is 24.3 Å². The van der Waals surface area contributed by atoms with E-state index in [1.807, 2.05) is 6.07 Å². The molecule has 116 valence electrons. The molecule has 3 heteroatoms. The van der Waals surface area contributed by atoms with Gasteiger partial charge in [-0.3, -0.25) is 4.98 Å². The van der Waals surface area contributed by atoms with Crippen molar-refractivity contribution in [1.29, 1.82) is 0 Å². The Kier molecular flexibility index (Phi) is 10.2. The number of aliphatic hydroxyl groups excluding tert-OH is 1. The average Bonchev–Trinajstić information content (AvgIpc) is 2.51. The van der Waals surface area contributed by atoms with Crippen LogP contribution in [0.3, 0.4) is 0 Å². The molecule has 0 amide bonds. The Morgan fingerprint density at radius 1 is 1.10 bits per heavy atom. The van der Waals surface area contributed by atoms with Crippen LogP contribution >= 0.6 is 0 Å². The van der Waals surface area contributed by atoms with Gasteiger partial charge in [0, 0.05) is 18.2 Å². The van der Waals surface area contributed by atoms with Gasteiger partial charge in [0.15, 0.2) is 0 Å². The fourth-order valence-corrected chi connectivity index (χ4v) is 2.04. The topological polar surface area (TPSA) is 42.4 Å². The first-order valence-electron chi connectivity index (χ1n) is 8.04. The molecule has 0 atom stereocenters. The molecule has 0 radical (unpaired) electrons. The standard InChI is InChI=1S/C18H27NO2/c1-2-3-4-5-6-7-10-13-21-18-14-17(15-19-16-18)11-8-9-12-20/h14-16,20H,2-7,9-10,12-13H2,1H3. The summed E-state index contributed by atoms with van der Waals surface area (Å²) in [6, 6.07) is 1.90. The summed E-state index contributed by atoms with van der Waals surface area (Å²) in [6.07, 6.45) is 12.9. The predicted octanol–water partition coefficient (Wildman–Crippen LogP) is 3.94. The molecule has 1 heterocycles. The minimum atomic E-state index is 0.0921. The van der Waals surface area contributed by atoms with E-state index in [1.54, 1.807) is 12.4 Å². The highest BCUT2D eigenvalue weighted by Crippen LogP contribution is 2.12. The molecule has 1 N–H and O–H groups in total. The molecule has 0 unspecified atom stereocenters. The number of hydrogen-bond acceptors (Lipinski definition) is 3. The van der Waals surface area contributed by atoms with Gasteiger partial charge in [-0.25, -0.2) is 0 Å². The number of aromatic nitrogens is 1. The number of pyridine rings is 1. The van der Waals surface area contributed by atoms with Gasteiger partial charge < -0.3 is 9.84 Å². The molecule has 21 heavy (non-hydrogen) atoms. The van der Waals surface area contributed by atoms with Crippen LogP contribution in [0.5, 0.6) is 5.75 Å². The first-order valence-corrected chi connectivity index (χ1v) is 8.04. The zero-order valence-electron chi connectivity index (χ0n) is 13.1. The van der Waals surface area contributed by atoms with Gasteiger partial charge in [0.2, 0.25) is 0 Å². The van der Waals surface area contributed by atoms with E-state index in [1.165, 1.54) is 38.5 Å². The van der Waals surface area contributed by atoms with Crippen LogP contribution in [0.15, 0.2) is 18.5 Å². The summed E-state index contributed by atoms with van der Waals surface area (Å²) >= 11 is 0. The van der Waals surface area contributed by atoms with Crippen molar-refractivity contribution < 1.29 is 9.84 Å². The van der Waals surface area contributed by atoms with Gasteiger partial charge in [-0.2, -0.15) is 0 Å². The SMILES string of the molecule is CCCCCCCCCOc1cncc(C#CCCO)c1. The summed E-state index contributed by atoms with van der Waals surface area (Å²) in [6.45, 7) is 3.07. The van der Waals surface area contributed by atoms with E-state index in [-0.39, 0.29) is 6.61 Å². The van der Waals surface area contributed by atoms with E-state index >= 15 is 0 Å². The highest BCUT2D eigenvalue weighted by molar-refractivity contribution is 5.36. The molecule has 1 rings (SSSR count). The monoisotopic (exact) mass is 289 g/mol. The minimum absolute atomic E-state index is 0.0921. The molecule has 0 fully saturated rings. The third kappa shape index (κ3) is 9.10. The molecule has 0 saturated heterocycles. The number of nitrogens with zero attached hydrogens (tertiary/aromatic N) is 1. The Morgan fingerprint density at radius 2 is 1.86 bits per heavy atom. The van der Waals surface area contributed by atoms with E-state index in [2.05, 4.69) is 23.7 Å². The quantitative estimate of drug-likeness (QED) is 0.524. The molecule has 0 spiro atoms. The third-order valence-corrected chi connectivity index (χ3v) is 3.20. The first-order chi connectivity index (χ1) is 10.4. The maximum Gasteiger partial charge on any atom is 0.138 e. The first kappa shape index (κ1) is 17.5. The van der Waals surface area contributed by atoms with Crippen LogP contribution in [0.25, 0.3) is 0 Å². The zero-order chi connectivity index (χ0) is 15.2. The van der Waals surface area contributed by atoms with Gasteiger partial charge in [0.25, 0.3) is 0 Å². The smallest absolute Gasteiger partial charge is 0.138 e. The fourth-order valence-electron chi connectivity index (χ4n) is 2.04. The van der Waals surface area contributed by atoms with Crippen LogP contribution in [-0.4, -0.2) is 23.3 Å². The number of aliphatic hydroxyl groups is 1. The van der Waals surface area contributed by atoms with Gasteiger partial charge in [-0.05, 0) is 12.5 Å². The summed E-state index contributed by atoms with van der Waals surface area (Å²) in [5.74, 6) is 6.62. The summed E-state index contributed by atoms with van der Waals surface area (Å²) < 4.78 is 5.70. The Balaban J connectivity index is 2.17. The molecular weight excluding hydrogens is 262 g/mol. The predicted molar refractivity (Wildman–Crippen MR) is 86.3 cm³/mol. The lowest BCUT2D eigenvalue weighted by atomic mass is 10.1.